The van der Waals surface area contributed by atoms with Gasteiger partial charge in [-0.15, -0.1) is 0 Å². The second kappa shape index (κ2) is 4.18. The Labute approximate surface area is 91.9 Å². The largest absolute Gasteiger partial charge is 0.478 e. The number of carbonyl (C=O) groups excluding carboxylic acids is 1. The third-order valence-corrected chi connectivity index (χ3v) is 2.35. The van der Waals surface area contributed by atoms with Crippen molar-refractivity contribution < 1.29 is 14.7 Å². The van der Waals surface area contributed by atoms with Crippen LogP contribution in [0.25, 0.3) is 0 Å². The van der Waals surface area contributed by atoms with Crippen LogP contribution in [0.1, 0.15) is 16.8 Å². The number of aromatic nitrogens is 1. The second-order valence-electron chi connectivity index (χ2n) is 3.45. The number of nitrogens with zero attached hydrogens (tertiary/aromatic N) is 2. The van der Waals surface area contributed by atoms with Gasteiger partial charge in [0.15, 0.2) is 0 Å². The normalized spacial score (nSPS) is 15.8. The monoisotopic (exact) mass is 221 g/mol. The van der Waals surface area contributed by atoms with Gasteiger partial charge in [-0.25, -0.2) is 14.6 Å². The molecule has 2 amide bonds. The number of anilines is 1. The molecule has 6 heteroatoms. The van der Waals surface area contributed by atoms with Gasteiger partial charge in [-0.05, 0) is 18.6 Å². The lowest BCUT2D eigenvalue weighted by molar-refractivity contribution is 0.0696. The van der Waals surface area contributed by atoms with E-state index in [0.29, 0.717) is 18.9 Å². The molecule has 0 radical (unpaired) electrons. The predicted octanol–water partition coefficient (Wildman–Crippen LogP) is 0.699. The van der Waals surface area contributed by atoms with E-state index in [4.69, 9.17) is 5.11 Å². The molecule has 0 unspecified atom stereocenters. The number of rotatable bonds is 2. The third kappa shape index (κ3) is 1.95. The van der Waals surface area contributed by atoms with Crippen molar-refractivity contribution in [1.82, 2.24) is 10.3 Å². The van der Waals surface area contributed by atoms with Crippen molar-refractivity contribution in [3.8, 4) is 0 Å². The van der Waals surface area contributed by atoms with Crippen LogP contribution in [0.15, 0.2) is 18.3 Å². The number of carboxylic acids is 1. The molecule has 6 nitrogen and oxygen atoms in total. The molecule has 1 aliphatic heterocycles. The van der Waals surface area contributed by atoms with Crippen molar-refractivity contribution >= 4 is 17.8 Å². The van der Waals surface area contributed by atoms with Gasteiger partial charge in [0.05, 0.1) is 5.56 Å². The average Bonchev–Trinajstić information content (AvgIpc) is 2.30. The van der Waals surface area contributed by atoms with Crippen molar-refractivity contribution in [3.63, 3.8) is 0 Å². The molecule has 0 aliphatic carbocycles. The molecule has 16 heavy (non-hydrogen) atoms. The minimum absolute atomic E-state index is 0.112. The van der Waals surface area contributed by atoms with Crippen LogP contribution in [-0.2, 0) is 0 Å². The minimum Gasteiger partial charge on any atom is -0.478 e. The first-order chi connectivity index (χ1) is 7.68. The lowest BCUT2D eigenvalue weighted by atomic mass is 10.2. The number of hydrogen-bond acceptors (Lipinski definition) is 3. The highest BCUT2D eigenvalue weighted by molar-refractivity contribution is 5.92. The van der Waals surface area contributed by atoms with Gasteiger partial charge in [0.2, 0.25) is 0 Å². The summed E-state index contributed by atoms with van der Waals surface area (Å²) >= 11 is 0. The summed E-state index contributed by atoms with van der Waals surface area (Å²) in [7, 11) is 0. The second-order valence-corrected chi connectivity index (χ2v) is 3.45. The zero-order valence-electron chi connectivity index (χ0n) is 8.51. The minimum atomic E-state index is -1.03. The summed E-state index contributed by atoms with van der Waals surface area (Å²) in [5.74, 6) is -0.552. The molecule has 0 bridgehead atoms. The van der Waals surface area contributed by atoms with Gasteiger partial charge in [-0.3, -0.25) is 4.90 Å². The average molecular weight is 221 g/mol. The molecule has 0 saturated carbocycles. The Morgan fingerprint density at radius 2 is 2.31 bits per heavy atom. The zero-order valence-corrected chi connectivity index (χ0v) is 8.51. The fourth-order valence-corrected chi connectivity index (χ4v) is 1.52. The molecule has 0 aromatic carbocycles. The number of urea groups is 1. The molecule has 0 spiro atoms. The van der Waals surface area contributed by atoms with Crippen LogP contribution >= 0.6 is 0 Å². The molecule has 1 saturated heterocycles. The standard InChI is InChI=1S/C10H11N3O3/c14-9(15)7-2-3-8(12-6-7)13-5-1-4-11-10(13)16/h2-3,6H,1,4-5H2,(H,11,16)(H,14,15). The van der Waals surface area contributed by atoms with Crippen molar-refractivity contribution in [1.29, 1.82) is 0 Å². The smallest absolute Gasteiger partial charge is 0.337 e. The van der Waals surface area contributed by atoms with E-state index in [9.17, 15) is 9.59 Å². The summed E-state index contributed by atoms with van der Waals surface area (Å²) in [4.78, 5) is 27.5. The van der Waals surface area contributed by atoms with Crippen molar-refractivity contribution in [2.45, 2.75) is 6.42 Å². The molecule has 2 N–H and O–H groups in total. The van der Waals surface area contributed by atoms with Crippen LogP contribution in [0.5, 0.6) is 0 Å². The maximum Gasteiger partial charge on any atom is 0.337 e. The van der Waals surface area contributed by atoms with Crippen LogP contribution in [-0.4, -0.2) is 35.2 Å². The van der Waals surface area contributed by atoms with E-state index in [-0.39, 0.29) is 11.6 Å². The fraction of sp³-hybridized carbons (Fsp3) is 0.300. The van der Waals surface area contributed by atoms with Gasteiger partial charge in [0.25, 0.3) is 0 Å². The topological polar surface area (TPSA) is 82.5 Å². The number of amides is 2. The van der Waals surface area contributed by atoms with Gasteiger partial charge in [0, 0.05) is 19.3 Å². The van der Waals surface area contributed by atoms with Gasteiger partial charge >= 0.3 is 12.0 Å². The third-order valence-electron chi connectivity index (χ3n) is 2.35. The Morgan fingerprint density at radius 1 is 1.50 bits per heavy atom. The summed E-state index contributed by atoms with van der Waals surface area (Å²) in [6.07, 6.45) is 2.10. The number of carboxylic acid groups (broad SMARTS) is 1. The Kier molecular flexibility index (Phi) is 2.72. The molecule has 1 aliphatic rings. The highest BCUT2D eigenvalue weighted by Gasteiger charge is 2.20. The number of hydrogen-bond donors (Lipinski definition) is 2. The highest BCUT2D eigenvalue weighted by Crippen LogP contribution is 2.13. The lowest BCUT2D eigenvalue weighted by Crippen LogP contribution is -2.46. The highest BCUT2D eigenvalue weighted by atomic mass is 16.4. The zero-order chi connectivity index (χ0) is 11.5. The Hall–Kier alpha value is -2.11. The maximum absolute atomic E-state index is 11.5. The van der Waals surface area contributed by atoms with E-state index >= 15 is 0 Å². The summed E-state index contributed by atoms with van der Waals surface area (Å²) in [5.41, 5.74) is 0.112. The number of pyridine rings is 1. The Morgan fingerprint density at radius 3 is 2.88 bits per heavy atom. The van der Waals surface area contributed by atoms with Gasteiger partial charge in [-0.2, -0.15) is 0 Å². The summed E-state index contributed by atoms with van der Waals surface area (Å²) in [6, 6.07) is 2.78. The van der Waals surface area contributed by atoms with Gasteiger partial charge in [-0.1, -0.05) is 0 Å². The Balaban J connectivity index is 2.20. The molecule has 0 atom stereocenters. The van der Waals surface area contributed by atoms with E-state index < -0.39 is 5.97 Å². The quantitative estimate of drug-likeness (QED) is 0.770. The first kappa shape index (κ1) is 10.4. The number of carbonyl (C=O) groups is 2. The summed E-state index contributed by atoms with van der Waals surface area (Å²) in [6.45, 7) is 1.27. The van der Waals surface area contributed by atoms with Crippen LogP contribution in [0.4, 0.5) is 10.6 Å². The molecular weight excluding hydrogens is 210 g/mol. The van der Waals surface area contributed by atoms with E-state index in [2.05, 4.69) is 10.3 Å². The van der Waals surface area contributed by atoms with E-state index in [1.807, 2.05) is 0 Å². The SMILES string of the molecule is O=C(O)c1ccc(N2CCCNC2=O)nc1. The van der Waals surface area contributed by atoms with Crippen LogP contribution in [0, 0.1) is 0 Å². The first-order valence-electron chi connectivity index (χ1n) is 4.93. The van der Waals surface area contributed by atoms with E-state index in [1.54, 1.807) is 0 Å². The summed E-state index contributed by atoms with van der Waals surface area (Å²) < 4.78 is 0. The molecule has 1 aromatic heterocycles. The van der Waals surface area contributed by atoms with Crippen LogP contribution in [0.3, 0.4) is 0 Å². The molecule has 2 rings (SSSR count). The van der Waals surface area contributed by atoms with E-state index in [1.165, 1.54) is 23.2 Å². The molecule has 1 fully saturated rings. The van der Waals surface area contributed by atoms with Crippen molar-refractivity contribution in [3.05, 3.63) is 23.9 Å². The first-order valence-corrected chi connectivity index (χ1v) is 4.93. The van der Waals surface area contributed by atoms with Gasteiger partial charge < -0.3 is 10.4 Å². The van der Waals surface area contributed by atoms with Crippen LogP contribution < -0.4 is 10.2 Å². The predicted molar refractivity (Wildman–Crippen MR) is 56.6 cm³/mol. The lowest BCUT2D eigenvalue weighted by Gasteiger charge is -2.26. The van der Waals surface area contributed by atoms with Crippen molar-refractivity contribution in [2.24, 2.45) is 0 Å². The van der Waals surface area contributed by atoms with E-state index in [0.717, 1.165) is 6.42 Å². The molecule has 1 aromatic rings. The number of aromatic carboxylic acids is 1. The van der Waals surface area contributed by atoms with Gasteiger partial charge in [0.1, 0.15) is 5.82 Å². The summed E-state index contributed by atoms with van der Waals surface area (Å²) in [5, 5.41) is 11.4. The maximum atomic E-state index is 11.5. The fourth-order valence-electron chi connectivity index (χ4n) is 1.52. The Bertz CT molecular complexity index is 416. The van der Waals surface area contributed by atoms with Crippen LogP contribution in [0.2, 0.25) is 0 Å². The molecule has 84 valence electrons. The molecule has 2 heterocycles. The van der Waals surface area contributed by atoms with Crippen molar-refractivity contribution in [2.75, 3.05) is 18.0 Å². The number of nitrogens with one attached hydrogen (secondary N) is 1. The molecular formula is C10H11N3O3.